The van der Waals surface area contributed by atoms with Crippen LogP contribution in [0.3, 0.4) is 0 Å². The van der Waals surface area contributed by atoms with Crippen LogP contribution in [0.25, 0.3) is 0 Å². The molecule has 0 atom stereocenters. The SMILES string of the molecule is CC1=CNN(C(=O)Nc2cccc([C@]3(N4CCN(c5ccccc5)CC4)CC[C@H](C)CC3)c2)C=C1. The Labute approximate surface area is 209 Å². The zero-order chi connectivity index (χ0) is 24.3. The zero-order valence-electron chi connectivity index (χ0n) is 20.9. The molecule has 184 valence electrons. The van der Waals surface area contributed by atoms with Crippen molar-refractivity contribution in [3.63, 3.8) is 0 Å². The molecule has 0 unspecified atom stereocenters. The molecule has 1 saturated heterocycles. The number of hydrazine groups is 1. The molecule has 5 rings (SSSR count). The molecule has 2 heterocycles. The lowest BCUT2D eigenvalue weighted by atomic mass is 9.71. The number of anilines is 2. The number of hydrogen-bond donors (Lipinski definition) is 2. The minimum Gasteiger partial charge on any atom is -0.369 e. The summed E-state index contributed by atoms with van der Waals surface area (Å²) in [5, 5.41) is 4.55. The molecule has 0 bridgehead atoms. The van der Waals surface area contributed by atoms with E-state index in [-0.39, 0.29) is 11.6 Å². The molecule has 6 heteroatoms. The molecule has 2 fully saturated rings. The van der Waals surface area contributed by atoms with Gasteiger partial charge in [0.05, 0.1) is 0 Å². The molecule has 3 aliphatic rings. The number of allylic oxidation sites excluding steroid dienone is 2. The number of carbonyl (C=O) groups excluding carboxylic acids is 1. The van der Waals surface area contributed by atoms with Gasteiger partial charge in [0.2, 0.25) is 0 Å². The van der Waals surface area contributed by atoms with Gasteiger partial charge in [0.15, 0.2) is 0 Å². The number of benzene rings is 2. The summed E-state index contributed by atoms with van der Waals surface area (Å²) in [5.74, 6) is 0.769. The van der Waals surface area contributed by atoms with Crippen molar-refractivity contribution in [1.82, 2.24) is 15.3 Å². The predicted octanol–water partition coefficient (Wildman–Crippen LogP) is 5.68. The van der Waals surface area contributed by atoms with E-state index in [1.165, 1.54) is 29.1 Å². The third-order valence-electron chi connectivity index (χ3n) is 7.90. The van der Waals surface area contributed by atoms with Crippen LogP contribution in [-0.4, -0.2) is 42.1 Å². The first-order chi connectivity index (χ1) is 17.0. The van der Waals surface area contributed by atoms with Gasteiger partial charge < -0.3 is 10.2 Å². The van der Waals surface area contributed by atoms with Crippen molar-refractivity contribution in [2.45, 2.75) is 45.1 Å². The van der Waals surface area contributed by atoms with Crippen molar-refractivity contribution in [2.24, 2.45) is 5.92 Å². The maximum absolute atomic E-state index is 12.8. The van der Waals surface area contributed by atoms with Crippen LogP contribution in [0.2, 0.25) is 0 Å². The number of urea groups is 1. The molecule has 0 radical (unpaired) electrons. The number of carbonyl (C=O) groups is 1. The third-order valence-corrected chi connectivity index (χ3v) is 7.90. The minimum absolute atomic E-state index is 0.0269. The molecule has 2 aromatic carbocycles. The fourth-order valence-electron chi connectivity index (χ4n) is 5.71. The van der Waals surface area contributed by atoms with Gasteiger partial charge in [-0.05, 0) is 80.0 Å². The predicted molar refractivity (Wildman–Crippen MR) is 143 cm³/mol. The van der Waals surface area contributed by atoms with E-state index in [4.69, 9.17) is 0 Å². The second kappa shape index (κ2) is 10.2. The van der Waals surface area contributed by atoms with Gasteiger partial charge in [0.25, 0.3) is 0 Å². The molecule has 0 aromatic heterocycles. The number of para-hydroxylation sites is 1. The molecule has 2 N–H and O–H groups in total. The number of nitrogens with zero attached hydrogens (tertiary/aromatic N) is 3. The Morgan fingerprint density at radius 1 is 1.00 bits per heavy atom. The van der Waals surface area contributed by atoms with Crippen LogP contribution >= 0.6 is 0 Å². The average Bonchev–Trinajstić information content (AvgIpc) is 2.90. The molecule has 1 aliphatic carbocycles. The molecular weight excluding hydrogens is 434 g/mol. The minimum atomic E-state index is -0.190. The normalized spacial score (nSPS) is 25.1. The zero-order valence-corrected chi connectivity index (χ0v) is 20.9. The van der Waals surface area contributed by atoms with Crippen LogP contribution in [0.15, 0.2) is 78.6 Å². The van der Waals surface area contributed by atoms with Gasteiger partial charge in [-0.15, -0.1) is 0 Å². The molecule has 2 amide bonds. The summed E-state index contributed by atoms with van der Waals surface area (Å²) in [4.78, 5) is 18.0. The average molecular weight is 472 g/mol. The van der Waals surface area contributed by atoms with Crippen molar-refractivity contribution in [2.75, 3.05) is 36.4 Å². The van der Waals surface area contributed by atoms with Crippen LogP contribution in [0.1, 0.15) is 45.1 Å². The van der Waals surface area contributed by atoms with E-state index in [0.29, 0.717) is 0 Å². The number of piperazine rings is 1. The van der Waals surface area contributed by atoms with Crippen LogP contribution in [0.5, 0.6) is 0 Å². The molecular formula is C29H37N5O. The lowest BCUT2D eigenvalue weighted by Crippen LogP contribution is -2.56. The van der Waals surface area contributed by atoms with Gasteiger partial charge in [-0.2, -0.15) is 0 Å². The maximum atomic E-state index is 12.8. The van der Waals surface area contributed by atoms with E-state index in [1.54, 1.807) is 6.20 Å². The lowest BCUT2D eigenvalue weighted by Gasteiger charge is -2.51. The van der Waals surface area contributed by atoms with Crippen molar-refractivity contribution in [1.29, 1.82) is 0 Å². The summed E-state index contributed by atoms with van der Waals surface area (Å²) in [6.45, 7) is 8.55. The summed E-state index contributed by atoms with van der Waals surface area (Å²) < 4.78 is 0. The van der Waals surface area contributed by atoms with Crippen molar-refractivity contribution in [3.05, 3.63) is 84.2 Å². The largest absolute Gasteiger partial charge is 0.369 e. The van der Waals surface area contributed by atoms with E-state index in [0.717, 1.165) is 56.2 Å². The third kappa shape index (κ3) is 5.08. The molecule has 2 aromatic rings. The van der Waals surface area contributed by atoms with Crippen LogP contribution in [-0.2, 0) is 5.54 Å². The summed E-state index contributed by atoms with van der Waals surface area (Å²) in [5.41, 5.74) is 7.60. The Kier molecular flexibility index (Phi) is 6.82. The summed E-state index contributed by atoms with van der Waals surface area (Å²) in [6, 6.07) is 19.1. The van der Waals surface area contributed by atoms with E-state index in [2.05, 4.69) is 76.0 Å². The number of amides is 2. The highest BCUT2D eigenvalue weighted by Gasteiger charge is 2.42. The van der Waals surface area contributed by atoms with Crippen LogP contribution in [0.4, 0.5) is 16.2 Å². The Balaban J connectivity index is 1.34. The van der Waals surface area contributed by atoms with Gasteiger partial charge in [0.1, 0.15) is 0 Å². The Bertz CT molecular complexity index is 1080. The standard InChI is InChI=1S/C29H37N5O/c1-23-11-14-29(15-12-23,33-19-17-32(18-20-33)27-9-4-3-5-10-27)25-7-6-8-26(21-25)31-28(35)34-16-13-24(2)22-30-34/h3-10,13,16,21-23,30H,11-12,14-15,17-20H2,1-2H3,(H,31,35)/t23-,29-. The highest BCUT2D eigenvalue weighted by Crippen LogP contribution is 2.45. The van der Waals surface area contributed by atoms with E-state index >= 15 is 0 Å². The molecule has 2 aliphatic heterocycles. The summed E-state index contributed by atoms with van der Waals surface area (Å²) in [6.07, 6.45) is 10.3. The second-order valence-corrected chi connectivity index (χ2v) is 10.2. The Morgan fingerprint density at radius 3 is 2.43 bits per heavy atom. The van der Waals surface area contributed by atoms with Crippen molar-refractivity contribution in [3.8, 4) is 0 Å². The van der Waals surface area contributed by atoms with Gasteiger partial charge in [-0.25, -0.2) is 9.80 Å². The lowest BCUT2D eigenvalue weighted by molar-refractivity contribution is 0.0299. The van der Waals surface area contributed by atoms with Gasteiger partial charge in [-0.3, -0.25) is 10.3 Å². The van der Waals surface area contributed by atoms with Gasteiger partial charge in [0, 0.05) is 55.5 Å². The monoisotopic (exact) mass is 471 g/mol. The topological polar surface area (TPSA) is 50.9 Å². The van der Waals surface area contributed by atoms with E-state index in [1.807, 2.05) is 25.3 Å². The second-order valence-electron chi connectivity index (χ2n) is 10.2. The van der Waals surface area contributed by atoms with Gasteiger partial charge >= 0.3 is 6.03 Å². The molecule has 0 spiro atoms. The van der Waals surface area contributed by atoms with Gasteiger partial charge in [-0.1, -0.05) is 37.3 Å². The highest BCUT2D eigenvalue weighted by molar-refractivity contribution is 5.90. The fraction of sp³-hybridized carbons (Fsp3) is 0.414. The van der Waals surface area contributed by atoms with E-state index in [9.17, 15) is 4.79 Å². The Morgan fingerprint density at radius 2 is 1.74 bits per heavy atom. The summed E-state index contributed by atoms with van der Waals surface area (Å²) >= 11 is 0. The molecule has 1 saturated carbocycles. The number of hydrogen-bond acceptors (Lipinski definition) is 4. The quantitative estimate of drug-likeness (QED) is 0.602. The maximum Gasteiger partial charge on any atom is 0.344 e. The first-order valence-corrected chi connectivity index (χ1v) is 12.9. The van der Waals surface area contributed by atoms with E-state index < -0.39 is 0 Å². The molecule has 6 nitrogen and oxygen atoms in total. The summed E-state index contributed by atoms with van der Waals surface area (Å²) in [7, 11) is 0. The van der Waals surface area contributed by atoms with Crippen LogP contribution < -0.4 is 15.6 Å². The first-order valence-electron chi connectivity index (χ1n) is 12.9. The molecule has 35 heavy (non-hydrogen) atoms. The highest BCUT2D eigenvalue weighted by atomic mass is 16.2. The fourth-order valence-corrected chi connectivity index (χ4v) is 5.71. The van der Waals surface area contributed by atoms with Crippen molar-refractivity contribution >= 4 is 17.4 Å². The Hall–Kier alpha value is -3.25. The number of nitrogens with one attached hydrogen (secondary N) is 2. The first kappa shape index (κ1) is 23.5. The number of rotatable bonds is 4. The van der Waals surface area contributed by atoms with Crippen LogP contribution in [0, 0.1) is 5.92 Å². The van der Waals surface area contributed by atoms with Crippen molar-refractivity contribution < 1.29 is 4.79 Å². The smallest absolute Gasteiger partial charge is 0.344 e.